The van der Waals surface area contributed by atoms with Crippen molar-refractivity contribution >= 4 is 28.8 Å². The highest BCUT2D eigenvalue weighted by Crippen LogP contribution is 2.45. The van der Waals surface area contributed by atoms with E-state index in [2.05, 4.69) is 6.07 Å². The smallest absolute Gasteiger partial charge is 0.233 e. The zero-order chi connectivity index (χ0) is 14.9. The fourth-order valence-electron chi connectivity index (χ4n) is 3.00. The second-order valence-corrected chi connectivity index (χ2v) is 7.15. The third-order valence-corrected chi connectivity index (χ3v) is 5.45. The van der Waals surface area contributed by atoms with Crippen molar-refractivity contribution in [3.8, 4) is 0 Å². The van der Waals surface area contributed by atoms with Crippen LogP contribution in [0.1, 0.15) is 29.7 Å². The van der Waals surface area contributed by atoms with Gasteiger partial charge in [-0.1, -0.05) is 36.2 Å². The van der Waals surface area contributed by atoms with Crippen molar-refractivity contribution in [3.63, 3.8) is 0 Å². The van der Waals surface area contributed by atoms with Crippen LogP contribution in [0.5, 0.6) is 0 Å². The number of benzene rings is 1. The molecule has 3 rings (SSSR count). The van der Waals surface area contributed by atoms with Gasteiger partial charge in [0, 0.05) is 16.9 Å². The van der Waals surface area contributed by atoms with Crippen molar-refractivity contribution in [2.45, 2.75) is 31.2 Å². The molecule has 0 bridgehead atoms. The first-order valence-corrected chi connectivity index (χ1v) is 8.41. The van der Waals surface area contributed by atoms with E-state index in [4.69, 9.17) is 11.6 Å². The van der Waals surface area contributed by atoms with E-state index in [1.165, 1.54) is 4.88 Å². The van der Waals surface area contributed by atoms with Crippen LogP contribution >= 0.6 is 22.9 Å². The van der Waals surface area contributed by atoms with Gasteiger partial charge in [-0.15, -0.1) is 11.3 Å². The Hall–Kier alpha value is -1.32. The number of amides is 1. The van der Waals surface area contributed by atoms with E-state index in [-0.39, 0.29) is 11.3 Å². The molecule has 2 aromatic rings. The molecular weight excluding hydrogens is 302 g/mol. The minimum atomic E-state index is -0.337. The average Bonchev–Trinajstić information content (AvgIpc) is 2.92. The maximum absolute atomic E-state index is 13.0. The maximum atomic E-state index is 13.0. The fourth-order valence-corrected chi connectivity index (χ4v) is 3.88. The Labute approximate surface area is 134 Å². The molecule has 1 fully saturated rings. The van der Waals surface area contributed by atoms with E-state index >= 15 is 0 Å². The highest BCUT2D eigenvalue weighted by molar-refractivity contribution is 7.09. The lowest BCUT2D eigenvalue weighted by Gasteiger charge is -2.43. The summed E-state index contributed by atoms with van der Waals surface area (Å²) in [6.45, 7) is 0.686. The van der Waals surface area contributed by atoms with Crippen LogP contribution in [0.2, 0.25) is 5.02 Å². The predicted molar refractivity (Wildman–Crippen MR) is 87.8 cm³/mol. The zero-order valence-electron chi connectivity index (χ0n) is 12.0. The Bertz CT molecular complexity index is 617. The molecule has 0 aliphatic heterocycles. The van der Waals surface area contributed by atoms with Gasteiger partial charge in [-0.25, -0.2) is 0 Å². The Morgan fingerprint density at radius 1 is 1.29 bits per heavy atom. The van der Waals surface area contributed by atoms with Gasteiger partial charge in [0.2, 0.25) is 5.91 Å². The van der Waals surface area contributed by atoms with Gasteiger partial charge < -0.3 is 4.90 Å². The number of rotatable bonds is 4. The first kappa shape index (κ1) is 14.6. The minimum Gasteiger partial charge on any atom is -0.340 e. The lowest BCUT2D eigenvalue weighted by atomic mass is 9.63. The van der Waals surface area contributed by atoms with Gasteiger partial charge in [0.1, 0.15) is 0 Å². The summed E-state index contributed by atoms with van der Waals surface area (Å²) in [6.07, 6.45) is 2.98. The van der Waals surface area contributed by atoms with E-state index in [9.17, 15) is 4.79 Å². The molecule has 1 heterocycles. The number of thiophene rings is 1. The molecule has 0 N–H and O–H groups in total. The van der Waals surface area contributed by atoms with Gasteiger partial charge in [0.15, 0.2) is 0 Å². The zero-order valence-corrected chi connectivity index (χ0v) is 13.6. The predicted octanol–water partition coefficient (Wildman–Crippen LogP) is 4.48. The van der Waals surface area contributed by atoms with E-state index in [1.807, 2.05) is 47.7 Å². The van der Waals surface area contributed by atoms with Crippen LogP contribution in [-0.4, -0.2) is 17.9 Å². The van der Waals surface area contributed by atoms with Crippen molar-refractivity contribution in [3.05, 3.63) is 57.2 Å². The van der Waals surface area contributed by atoms with Crippen LogP contribution < -0.4 is 0 Å². The Kier molecular flexibility index (Phi) is 4.05. The van der Waals surface area contributed by atoms with Crippen molar-refractivity contribution in [2.24, 2.45) is 0 Å². The van der Waals surface area contributed by atoms with E-state index in [0.29, 0.717) is 11.6 Å². The number of carbonyl (C=O) groups is 1. The minimum absolute atomic E-state index is 0.226. The number of likely N-dealkylation sites (N-methyl/N-ethyl adjacent to an activating group) is 1. The molecule has 0 atom stereocenters. The monoisotopic (exact) mass is 319 g/mol. The molecule has 4 heteroatoms. The van der Waals surface area contributed by atoms with Crippen LogP contribution in [0.15, 0.2) is 41.8 Å². The van der Waals surface area contributed by atoms with Crippen LogP contribution in [0.3, 0.4) is 0 Å². The SMILES string of the molecule is CN(Cc1cccs1)C(=O)C1(c2ccc(Cl)cc2)CCC1. The molecule has 110 valence electrons. The van der Waals surface area contributed by atoms with Gasteiger partial charge in [0.05, 0.1) is 12.0 Å². The van der Waals surface area contributed by atoms with Crippen LogP contribution in [0, 0.1) is 0 Å². The molecule has 1 aromatic heterocycles. The van der Waals surface area contributed by atoms with E-state index in [0.717, 1.165) is 24.8 Å². The highest BCUT2D eigenvalue weighted by atomic mass is 35.5. The normalized spacial score (nSPS) is 16.3. The summed E-state index contributed by atoms with van der Waals surface area (Å²) in [6, 6.07) is 11.9. The molecule has 2 nitrogen and oxygen atoms in total. The Morgan fingerprint density at radius 3 is 2.52 bits per heavy atom. The summed E-state index contributed by atoms with van der Waals surface area (Å²) in [5, 5.41) is 2.76. The molecule has 21 heavy (non-hydrogen) atoms. The second kappa shape index (κ2) is 5.82. The summed E-state index contributed by atoms with van der Waals surface area (Å²) in [4.78, 5) is 16.0. The average molecular weight is 320 g/mol. The third-order valence-electron chi connectivity index (χ3n) is 4.33. The molecular formula is C17H18ClNOS. The molecule has 1 amide bonds. The number of hydrogen-bond donors (Lipinski definition) is 0. The maximum Gasteiger partial charge on any atom is 0.233 e. The fraction of sp³-hybridized carbons (Fsp3) is 0.353. The molecule has 1 saturated carbocycles. The van der Waals surface area contributed by atoms with Gasteiger partial charge in [-0.3, -0.25) is 4.79 Å². The van der Waals surface area contributed by atoms with Crippen LogP contribution in [0.4, 0.5) is 0 Å². The summed E-state index contributed by atoms with van der Waals surface area (Å²) in [7, 11) is 1.90. The van der Waals surface area contributed by atoms with Crippen molar-refractivity contribution in [1.29, 1.82) is 0 Å². The first-order chi connectivity index (χ1) is 10.1. The van der Waals surface area contributed by atoms with Gasteiger partial charge in [-0.2, -0.15) is 0 Å². The quantitative estimate of drug-likeness (QED) is 0.813. The summed E-state index contributed by atoms with van der Waals surface area (Å²) >= 11 is 7.66. The molecule has 1 aliphatic carbocycles. The summed E-state index contributed by atoms with van der Waals surface area (Å²) in [5.41, 5.74) is 0.762. The van der Waals surface area contributed by atoms with Crippen LogP contribution in [0.25, 0.3) is 0 Å². The lowest BCUT2D eigenvalue weighted by Crippen LogP contribution is -2.49. The third kappa shape index (κ3) is 2.72. The number of hydrogen-bond acceptors (Lipinski definition) is 2. The highest BCUT2D eigenvalue weighted by Gasteiger charge is 2.46. The largest absolute Gasteiger partial charge is 0.340 e. The van der Waals surface area contributed by atoms with Gasteiger partial charge in [-0.05, 0) is 42.0 Å². The molecule has 0 radical (unpaired) electrons. The molecule has 0 spiro atoms. The van der Waals surface area contributed by atoms with E-state index < -0.39 is 0 Å². The van der Waals surface area contributed by atoms with Crippen LogP contribution in [-0.2, 0) is 16.8 Å². The number of carbonyl (C=O) groups excluding carboxylic acids is 1. The molecule has 1 aromatic carbocycles. The number of halogens is 1. The first-order valence-electron chi connectivity index (χ1n) is 7.16. The topological polar surface area (TPSA) is 20.3 Å². The number of nitrogens with zero attached hydrogens (tertiary/aromatic N) is 1. The lowest BCUT2D eigenvalue weighted by molar-refractivity contribution is -0.140. The molecule has 0 saturated heterocycles. The van der Waals surface area contributed by atoms with Crippen molar-refractivity contribution in [2.75, 3.05) is 7.05 Å². The molecule has 0 unspecified atom stereocenters. The molecule has 1 aliphatic rings. The van der Waals surface area contributed by atoms with Gasteiger partial charge in [0.25, 0.3) is 0 Å². The second-order valence-electron chi connectivity index (χ2n) is 5.68. The Balaban J connectivity index is 1.81. The van der Waals surface area contributed by atoms with Gasteiger partial charge >= 0.3 is 0 Å². The van der Waals surface area contributed by atoms with E-state index in [1.54, 1.807) is 11.3 Å². The summed E-state index contributed by atoms with van der Waals surface area (Å²) in [5.74, 6) is 0.226. The van der Waals surface area contributed by atoms with Crippen molar-refractivity contribution < 1.29 is 4.79 Å². The van der Waals surface area contributed by atoms with Crippen molar-refractivity contribution in [1.82, 2.24) is 4.90 Å². The standard InChI is InChI=1S/C17H18ClNOS/c1-19(12-15-4-2-11-21-15)16(20)17(9-3-10-17)13-5-7-14(18)8-6-13/h2,4-8,11H,3,9-10,12H2,1H3. The summed E-state index contributed by atoms with van der Waals surface area (Å²) < 4.78 is 0. The Morgan fingerprint density at radius 2 is 2.00 bits per heavy atom.